The summed E-state index contributed by atoms with van der Waals surface area (Å²) in [5.74, 6) is 2.20. The van der Waals surface area contributed by atoms with Crippen LogP contribution in [-0.2, 0) is 4.74 Å². The van der Waals surface area contributed by atoms with E-state index in [9.17, 15) is 0 Å². The van der Waals surface area contributed by atoms with Gasteiger partial charge in [-0.1, -0.05) is 35.9 Å². The van der Waals surface area contributed by atoms with Crippen LogP contribution in [0.3, 0.4) is 0 Å². The molecule has 0 amide bonds. The lowest BCUT2D eigenvalue weighted by molar-refractivity contribution is 0.122. The first-order valence-electron chi connectivity index (χ1n) is 9.67. The van der Waals surface area contributed by atoms with E-state index < -0.39 is 0 Å². The summed E-state index contributed by atoms with van der Waals surface area (Å²) in [6.45, 7) is 4.71. The summed E-state index contributed by atoms with van der Waals surface area (Å²) in [6, 6.07) is 9.49. The quantitative estimate of drug-likeness (QED) is 0.618. The highest BCUT2D eigenvalue weighted by Crippen LogP contribution is 2.18. The maximum absolute atomic E-state index is 6.07. The molecule has 0 spiro atoms. The number of hydrogen-bond acceptors (Lipinski definition) is 7. The number of aromatic nitrogens is 5. The molecule has 3 aromatic rings. The van der Waals surface area contributed by atoms with Crippen molar-refractivity contribution in [2.75, 3.05) is 36.5 Å². The number of anilines is 3. The van der Waals surface area contributed by atoms with Crippen LogP contribution in [0.2, 0.25) is 5.02 Å². The lowest BCUT2D eigenvalue weighted by atomic mass is 10.2. The molecule has 0 aliphatic carbocycles. The summed E-state index contributed by atoms with van der Waals surface area (Å²) >= 11 is 6.07. The van der Waals surface area contributed by atoms with E-state index in [0.717, 1.165) is 24.3 Å². The third-order valence-corrected chi connectivity index (χ3v) is 4.63. The van der Waals surface area contributed by atoms with E-state index in [4.69, 9.17) is 16.3 Å². The summed E-state index contributed by atoms with van der Waals surface area (Å²) in [4.78, 5) is 15.8. The topological polar surface area (TPSA) is 91.8 Å². The number of morpholine rings is 1. The second-order valence-corrected chi connectivity index (χ2v) is 7.07. The highest BCUT2D eigenvalue weighted by molar-refractivity contribution is 6.30. The molecule has 3 heterocycles. The average molecular weight is 424 g/mol. The minimum Gasteiger partial charge on any atom is -0.378 e. The van der Waals surface area contributed by atoms with Gasteiger partial charge in [-0.05, 0) is 36.8 Å². The van der Waals surface area contributed by atoms with E-state index in [1.807, 2.05) is 61.6 Å². The minimum absolute atomic E-state index is 0.427. The molecule has 30 heavy (non-hydrogen) atoms. The van der Waals surface area contributed by atoms with Gasteiger partial charge in [-0.15, -0.1) is 0 Å². The lowest BCUT2D eigenvalue weighted by Gasteiger charge is -2.26. The van der Waals surface area contributed by atoms with Gasteiger partial charge in [-0.25, -0.2) is 0 Å². The summed E-state index contributed by atoms with van der Waals surface area (Å²) in [6.07, 6.45) is 7.64. The van der Waals surface area contributed by atoms with Gasteiger partial charge in [0.2, 0.25) is 11.9 Å². The number of allylic oxidation sites excluding steroid dienone is 1. The molecule has 8 nitrogen and oxygen atoms in total. The van der Waals surface area contributed by atoms with Crippen LogP contribution in [0.1, 0.15) is 24.0 Å². The Morgan fingerprint density at radius 3 is 2.77 bits per heavy atom. The van der Waals surface area contributed by atoms with Gasteiger partial charge < -0.3 is 15.0 Å². The SMILES string of the molecule is C/C=C/c1cc(Nc2nc(/C=C/c3cccc(Cl)c3)nc(N3CCOCC3)n2)n[nH]1. The molecule has 1 saturated heterocycles. The van der Waals surface area contributed by atoms with E-state index in [-0.39, 0.29) is 0 Å². The number of rotatable bonds is 6. The first kappa shape index (κ1) is 20.1. The third-order valence-electron chi connectivity index (χ3n) is 4.39. The van der Waals surface area contributed by atoms with Crippen LogP contribution in [0.4, 0.5) is 17.7 Å². The smallest absolute Gasteiger partial charge is 0.233 e. The Kier molecular flexibility index (Phi) is 6.36. The number of hydrogen-bond donors (Lipinski definition) is 2. The molecule has 0 saturated carbocycles. The fourth-order valence-electron chi connectivity index (χ4n) is 2.98. The molecule has 1 aliphatic heterocycles. The zero-order valence-electron chi connectivity index (χ0n) is 16.5. The lowest BCUT2D eigenvalue weighted by Crippen LogP contribution is -2.37. The maximum atomic E-state index is 6.07. The van der Waals surface area contributed by atoms with Crippen LogP contribution in [0.25, 0.3) is 18.2 Å². The molecule has 1 fully saturated rings. The molecule has 0 radical (unpaired) electrons. The standard InChI is InChI=1S/C21H22ClN7O/c1-2-4-17-14-19(28-27-17)24-20-23-18(8-7-15-5-3-6-16(22)13-15)25-21(26-20)29-9-11-30-12-10-29/h2-8,13-14H,9-12H2,1H3,(H2,23,24,25,26,27,28)/b4-2+,8-7+. The predicted octanol–water partition coefficient (Wildman–Crippen LogP) is 4.03. The number of H-pyrrole nitrogens is 1. The first-order valence-corrected chi connectivity index (χ1v) is 10.0. The van der Waals surface area contributed by atoms with Crippen molar-refractivity contribution in [1.82, 2.24) is 25.1 Å². The molecular weight excluding hydrogens is 402 g/mol. The van der Waals surface area contributed by atoms with E-state index in [1.54, 1.807) is 0 Å². The Hall–Kier alpha value is -3.23. The van der Waals surface area contributed by atoms with Crippen LogP contribution in [-0.4, -0.2) is 51.5 Å². The number of halogens is 1. The van der Waals surface area contributed by atoms with Gasteiger partial charge in [-0.2, -0.15) is 20.1 Å². The minimum atomic E-state index is 0.427. The van der Waals surface area contributed by atoms with Crippen LogP contribution >= 0.6 is 11.6 Å². The Morgan fingerprint density at radius 1 is 1.10 bits per heavy atom. The number of aromatic amines is 1. The van der Waals surface area contributed by atoms with E-state index in [2.05, 4.69) is 35.4 Å². The predicted molar refractivity (Wildman–Crippen MR) is 120 cm³/mol. The van der Waals surface area contributed by atoms with E-state index in [1.165, 1.54) is 0 Å². The van der Waals surface area contributed by atoms with Crippen LogP contribution in [0.15, 0.2) is 36.4 Å². The Bertz CT molecular complexity index is 1060. The Morgan fingerprint density at radius 2 is 1.97 bits per heavy atom. The van der Waals surface area contributed by atoms with Crippen molar-refractivity contribution in [3.63, 3.8) is 0 Å². The average Bonchev–Trinajstić information content (AvgIpc) is 3.20. The van der Waals surface area contributed by atoms with Gasteiger partial charge in [-0.3, -0.25) is 5.10 Å². The molecule has 2 N–H and O–H groups in total. The highest BCUT2D eigenvalue weighted by Gasteiger charge is 2.16. The normalized spacial score (nSPS) is 14.7. The van der Waals surface area contributed by atoms with Gasteiger partial charge >= 0.3 is 0 Å². The third kappa shape index (κ3) is 5.22. The molecule has 9 heteroatoms. The van der Waals surface area contributed by atoms with Crippen LogP contribution in [0, 0.1) is 0 Å². The van der Waals surface area contributed by atoms with Crippen LogP contribution in [0.5, 0.6) is 0 Å². The molecule has 4 rings (SSSR count). The van der Waals surface area contributed by atoms with Gasteiger partial charge in [0.25, 0.3) is 0 Å². The molecule has 0 atom stereocenters. The van der Waals surface area contributed by atoms with Crippen molar-refractivity contribution >= 4 is 47.5 Å². The highest BCUT2D eigenvalue weighted by atomic mass is 35.5. The van der Waals surface area contributed by atoms with Gasteiger partial charge in [0.15, 0.2) is 11.6 Å². The van der Waals surface area contributed by atoms with Gasteiger partial charge in [0, 0.05) is 24.2 Å². The monoisotopic (exact) mass is 423 g/mol. The summed E-state index contributed by atoms with van der Waals surface area (Å²) in [5, 5.41) is 11.0. The molecule has 0 unspecified atom stereocenters. The summed E-state index contributed by atoms with van der Waals surface area (Å²) in [5.41, 5.74) is 1.86. The molecule has 1 aliphatic rings. The number of nitrogens with one attached hydrogen (secondary N) is 2. The Balaban J connectivity index is 1.63. The second-order valence-electron chi connectivity index (χ2n) is 6.64. The van der Waals surface area contributed by atoms with Crippen LogP contribution < -0.4 is 10.2 Å². The zero-order chi connectivity index (χ0) is 20.8. The molecule has 154 valence electrons. The van der Waals surface area contributed by atoms with E-state index >= 15 is 0 Å². The van der Waals surface area contributed by atoms with Crippen molar-refractivity contribution in [2.45, 2.75) is 6.92 Å². The van der Waals surface area contributed by atoms with Gasteiger partial charge in [0.1, 0.15) is 0 Å². The fourth-order valence-corrected chi connectivity index (χ4v) is 3.18. The second kappa shape index (κ2) is 9.51. The molecular formula is C21H22ClN7O. The largest absolute Gasteiger partial charge is 0.378 e. The Labute approximate surface area is 179 Å². The van der Waals surface area contributed by atoms with Crippen molar-refractivity contribution in [3.05, 3.63) is 58.5 Å². The van der Waals surface area contributed by atoms with Gasteiger partial charge in [0.05, 0.1) is 18.9 Å². The first-order chi connectivity index (χ1) is 14.7. The molecule has 0 bridgehead atoms. The van der Waals surface area contributed by atoms with E-state index in [0.29, 0.717) is 41.8 Å². The number of ether oxygens (including phenoxy) is 1. The zero-order valence-corrected chi connectivity index (χ0v) is 17.3. The maximum Gasteiger partial charge on any atom is 0.233 e. The molecule has 1 aromatic carbocycles. The summed E-state index contributed by atoms with van der Waals surface area (Å²) in [7, 11) is 0. The van der Waals surface area contributed by atoms with Crippen molar-refractivity contribution in [2.24, 2.45) is 0 Å². The number of benzene rings is 1. The summed E-state index contributed by atoms with van der Waals surface area (Å²) < 4.78 is 5.44. The van der Waals surface area contributed by atoms with Crippen molar-refractivity contribution in [1.29, 1.82) is 0 Å². The van der Waals surface area contributed by atoms with Crippen molar-refractivity contribution in [3.8, 4) is 0 Å². The fraction of sp³-hybridized carbons (Fsp3) is 0.238. The molecule has 2 aromatic heterocycles. The number of nitrogens with zero attached hydrogens (tertiary/aromatic N) is 5. The van der Waals surface area contributed by atoms with Crippen molar-refractivity contribution < 1.29 is 4.74 Å².